The summed E-state index contributed by atoms with van der Waals surface area (Å²) in [5.74, 6) is 1.42. The fraction of sp³-hybridized carbons (Fsp3) is 0.360. The molecule has 142 valence electrons. The smallest absolute Gasteiger partial charge is 0.0464 e. The van der Waals surface area contributed by atoms with Crippen molar-refractivity contribution in [1.29, 1.82) is 0 Å². The molecule has 1 saturated heterocycles. The average molecular weight is 370 g/mol. The van der Waals surface area contributed by atoms with Crippen LogP contribution in [0.1, 0.15) is 29.0 Å². The lowest BCUT2D eigenvalue weighted by atomic mass is 9.80. The second-order valence-corrected chi connectivity index (χ2v) is 8.75. The van der Waals surface area contributed by atoms with Crippen LogP contribution < -0.4 is 15.5 Å². The van der Waals surface area contributed by atoms with Crippen molar-refractivity contribution in [3.05, 3.63) is 65.2 Å². The van der Waals surface area contributed by atoms with Gasteiger partial charge in [0.05, 0.1) is 0 Å². The highest BCUT2D eigenvalue weighted by Gasteiger charge is 2.38. The normalized spacial score (nSPS) is 22.8. The van der Waals surface area contributed by atoms with Gasteiger partial charge in [-0.3, -0.25) is 0 Å². The molecule has 0 amide bonds. The Kier molecular flexibility index (Phi) is 3.67. The van der Waals surface area contributed by atoms with Crippen LogP contribution in [-0.2, 0) is 6.42 Å². The van der Waals surface area contributed by atoms with Gasteiger partial charge in [0.2, 0.25) is 0 Å². The van der Waals surface area contributed by atoms with Crippen LogP contribution in [0.2, 0.25) is 0 Å². The quantitative estimate of drug-likeness (QED) is 0.668. The fourth-order valence-corrected chi connectivity index (χ4v) is 5.69. The van der Waals surface area contributed by atoms with Crippen molar-refractivity contribution in [2.75, 3.05) is 36.4 Å². The molecule has 28 heavy (non-hydrogen) atoms. The molecule has 0 radical (unpaired) electrons. The number of anilines is 3. The Balaban J connectivity index is 1.46. The first kappa shape index (κ1) is 16.4. The Morgan fingerprint density at radius 1 is 1.04 bits per heavy atom. The van der Waals surface area contributed by atoms with Gasteiger partial charge in [0, 0.05) is 54.5 Å². The molecule has 0 spiro atoms. The van der Waals surface area contributed by atoms with Gasteiger partial charge in [-0.05, 0) is 66.0 Å². The second kappa shape index (κ2) is 6.25. The number of rotatable bonds is 2. The third-order valence-corrected chi connectivity index (χ3v) is 7.02. The van der Waals surface area contributed by atoms with Crippen LogP contribution in [0.4, 0.5) is 17.1 Å². The number of hydrogen-bond donors (Lipinski definition) is 2. The van der Waals surface area contributed by atoms with Gasteiger partial charge in [-0.25, -0.2) is 0 Å². The van der Waals surface area contributed by atoms with E-state index in [0.29, 0.717) is 5.92 Å². The van der Waals surface area contributed by atoms with E-state index in [9.17, 15) is 0 Å². The van der Waals surface area contributed by atoms with E-state index < -0.39 is 0 Å². The Morgan fingerprint density at radius 3 is 2.86 bits per heavy atom. The molecule has 3 aromatic carbocycles. The first-order valence-electron chi connectivity index (χ1n) is 10.7. The third kappa shape index (κ3) is 2.46. The van der Waals surface area contributed by atoms with E-state index in [1.807, 2.05) is 0 Å². The van der Waals surface area contributed by atoms with E-state index >= 15 is 0 Å². The molecule has 0 bridgehead atoms. The maximum atomic E-state index is 3.78. The number of nitrogens with one attached hydrogen (secondary N) is 2. The summed E-state index contributed by atoms with van der Waals surface area (Å²) in [5, 5.41) is 10.1. The number of benzene rings is 3. The van der Waals surface area contributed by atoms with Crippen LogP contribution >= 0.6 is 0 Å². The first-order valence-corrected chi connectivity index (χ1v) is 10.7. The first-order chi connectivity index (χ1) is 13.8. The highest BCUT2D eigenvalue weighted by molar-refractivity contribution is 5.97. The van der Waals surface area contributed by atoms with Gasteiger partial charge >= 0.3 is 0 Å². The van der Waals surface area contributed by atoms with Crippen molar-refractivity contribution in [2.45, 2.75) is 25.7 Å². The molecule has 0 saturated carbocycles. The molecule has 1 fully saturated rings. The van der Waals surface area contributed by atoms with Gasteiger partial charge in [0.25, 0.3) is 0 Å². The maximum Gasteiger partial charge on any atom is 0.0464 e. The van der Waals surface area contributed by atoms with Crippen LogP contribution in [0.15, 0.2) is 48.5 Å². The van der Waals surface area contributed by atoms with Crippen LogP contribution in [0, 0.1) is 12.8 Å². The molecule has 2 atom stereocenters. The van der Waals surface area contributed by atoms with E-state index in [2.05, 4.69) is 71.0 Å². The lowest BCUT2D eigenvalue weighted by Gasteiger charge is -2.42. The van der Waals surface area contributed by atoms with Crippen LogP contribution in [0.5, 0.6) is 0 Å². The molecule has 3 heterocycles. The van der Waals surface area contributed by atoms with Crippen molar-refractivity contribution >= 4 is 27.8 Å². The zero-order valence-electron chi connectivity index (χ0n) is 16.5. The lowest BCUT2D eigenvalue weighted by Crippen LogP contribution is -2.41. The Morgan fingerprint density at radius 2 is 1.93 bits per heavy atom. The van der Waals surface area contributed by atoms with Gasteiger partial charge in [-0.2, -0.15) is 0 Å². The van der Waals surface area contributed by atoms with E-state index in [0.717, 1.165) is 19.0 Å². The largest absolute Gasteiger partial charge is 0.371 e. The van der Waals surface area contributed by atoms with Gasteiger partial charge in [0.1, 0.15) is 0 Å². The van der Waals surface area contributed by atoms with Crippen LogP contribution in [0.3, 0.4) is 0 Å². The summed E-state index contributed by atoms with van der Waals surface area (Å²) in [4.78, 5) is 2.66. The molecule has 3 heteroatoms. The summed E-state index contributed by atoms with van der Waals surface area (Å²) in [6.45, 7) is 6.93. The van der Waals surface area contributed by atoms with Crippen LogP contribution in [0.25, 0.3) is 10.8 Å². The van der Waals surface area contributed by atoms with E-state index in [1.54, 1.807) is 11.3 Å². The molecule has 2 N–H and O–H groups in total. The summed E-state index contributed by atoms with van der Waals surface area (Å²) in [6.07, 6.45) is 2.47. The predicted molar refractivity (Wildman–Crippen MR) is 118 cm³/mol. The molecular formula is C25H27N3. The monoisotopic (exact) mass is 369 g/mol. The average Bonchev–Trinajstić information content (AvgIpc) is 3.19. The molecule has 3 aliphatic rings. The molecule has 6 rings (SSSR count). The number of hydrogen-bond acceptors (Lipinski definition) is 3. The van der Waals surface area contributed by atoms with E-state index in [4.69, 9.17) is 0 Å². The minimum Gasteiger partial charge on any atom is -0.371 e. The topological polar surface area (TPSA) is 27.3 Å². The fourth-order valence-electron chi connectivity index (χ4n) is 5.69. The SMILES string of the molecule is Cc1ccc(Nc2cc3c4c(c2)[C@@H]2CNC[C@@H]2CN4CCC3)c2ccccc12. The van der Waals surface area contributed by atoms with Crippen molar-refractivity contribution in [3.63, 3.8) is 0 Å². The van der Waals surface area contributed by atoms with E-state index in [-0.39, 0.29) is 0 Å². The molecule has 3 nitrogen and oxygen atoms in total. The zero-order chi connectivity index (χ0) is 18.7. The number of nitrogens with zero attached hydrogens (tertiary/aromatic N) is 1. The number of fused-ring (bicyclic) bond motifs is 3. The third-order valence-electron chi connectivity index (χ3n) is 7.02. The van der Waals surface area contributed by atoms with Crippen molar-refractivity contribution in [3.8, 4) is 0 Å². The van der Waals surface area contributed by atoms with E-state index in [1.165, 1.54) is 59.2 Å². The standard InChI is InChI=1S/C25H27N3/c1-16-8-9-24(21-7-3-2-6-20(16)21)27-19-11-17-5-4-10-28-15-18-13-26-14-23(18)22(12-19)25(17)28/h2-3,6-9,11-12,18,23,26-27H,4-5,10,13-15H2,1H3/t18-,23-/m1/s1. The number of aryl methyl sites for hydroxylation is 2. The minimum atomic E-state index is 0.666. The molecule has 0 unspecified atom stereocenters. The Bertz CT molecular complexity index is 1070. The van der Waals surface area contributed by atoms with Crippen molar-refractivity contribution < 1.29 is 0 Å². The molecule has 3 aliphatic heterocycles. The predicted octanol–water partition coefficient (Wildman–Crippen LogP) is 4.96. The summed E-state index contributed by atoms with van der Waals surface area (Å²) >= 11 is 0. The van der Waals surface area contributed by atoms with Gasteiger partial charge in [0.15, 0.2) is 0 Å². The van der Waals surface area contributed by atoms with Gasteiger partial charge in [-0.15, -0.1) is 0 Å². The maximum absolute atomic E-state index is 3.78. The van der Waals surface area contributed by atoms with Gasteiger partial charge in [-0.1, -0.05) is 30.3 Å². The second-order valence-electron chi connectivity index (χ2n) is 8.75. The lowest BCUT2D eigenvalue weighted by molar-refractivity contribution is 0.470. The summed E-state index contributed by atoms with van der Waals surface area (Å²) in [5.41, 5.74) is 8.44. The Labute approximate surface area is 166 Å². The minimum absolute atomic E-state index is 0.666. The molecule has 0 aromatic heterocycles. The molecule has 0 aliphatic carbocycles. The van der Waals surface area contributed by atoms with Crippen molar-refractivity contribution in [2.24, 2.45) is 5.92 Å². The van der Waals surface area contributed by atoms with Gasteiger partial charge < -0.3 is 15.5 Å². The highest BCUT2D eigenvalue weighted by atomic mass is 15.2. The van der Waals surface area contributed by atoms with Crippen LogP contribution in [-0.4, -0.2) is 26.2 Å². The zero-order valence-corrected chi connectivity index (χ0v) is 16.5. The molecular weight excluding hydrogens is 342 g/mol. The summed E-state index contributed by atoms with van der Waals surface area (Å²) in [7, 11) is 0. The Hall–Kier alpha value is -2.52. The van der Waals surface area contributed by atoms with Crippen molar-refractivity contribution in [1.82, 2.24) is 5.32 Å². The highest BCUT2D eigenvalue weighted by Crippen LogP contribution is 2.46. The summed E-state index contributed by atoms with van der Waals surface area (Å²) in [6, 6.07) is 18.0. The summed E-state index contributed by atoms with van der Waals surface area (Å²) < 4.78 is 0. The molecule has 3 aromatic rings.